The highest BCUT2D eigenvalue weighted by molar-refractivity contribution is 7.00. The molecule has 294 valence electrons. The summed E-state index contributed by atoms with van der Waals surface area (Å²) in [5.41, 5.74) is 21.8. The van der Waals surface area contributed by atoms with Crippen LogP contribution in [-0.2, 0) is 5.41 Å². The molecule has 61 heavy (non-hydrogen) atoms. The van der Waals surface area contributed by atoms with E-state index in [-0.39, 0.29) is 12.1 Å². The number of hydrogen-bond donors (Lipinski definition) is 0. The van der Waals surface area contributed by atoms with Gasteiger partial charge < -0.3 is 14.7 Å². The number of rotatable bonds is 6. The van der Waals surface area contributed by atoms with Crippen LogP contribution in [0.3, 0.4) is 0 Å². The average molecular weight is 786 g/mol. The maximum atomic E-state index is 2.67. The number of anilines is 9. The highest BCUT2D eigenvalue weighted by Gasteiger charge is 2.46. The Kier molecular flexibility index (Phi) is 8.39. The second-order valence-corrected chi connectivity index (χ2v) is 17.9. The first kappa shape index (κ1) is 36.1. The Morgan fingerprint density at radius 1 is 0.475 bits per heavy atom. The van der Waals surface area contributed by atoms with Crippen LogP contribution in [0.25, 0.3) is 11.1 Å². The van der Waals surface area contributed by atoms with E-state index in [1.54, 1.807) is 0 Å². The third-order valence-electron chi connectivity index (χ3n) is 14.2. The van der Waals surface area contributed by atoms with Crippen molar-refractivity contribution in [1.82, 2.24) is 0 Å². The molecule has 4 aliphatic rings. The normalized spacial score (nSPS) is 15.7. The summed E-state index contributed by atoms with van der Waals surface area (Å²) in [4.78, 5) is 7.66. The van der Waals surface area contributed by atoms with Crippen LogP contribution in [-0.4, -0.2) is 6.71 Å². The Balaban J connectivity index is 1.15. The van der Waals surface area contributed by atoms with Crippen molar-refractivity contribution >= 4 is 74.3 Å². The van der Waals surface area contributed by atoms with Crippen LogP contribution in [0.1, 0.15) is 68.6 Å². The smallest absolute Gasteiger partial charge is 0.252 e. The lowest BCUT2D eigenvalue weighted by Crippen LogP contribution is -2.61. The molecule has 8 aromatic carbocycles. The Bertz CT molecular complexity index is 2910. The Hall–Kier alpha value is -6.78. The quantitative estimate of drug-likeness (QED) is 0.156. The Morgan fingerprint density at radius 3 is 1.80 bits per heavy atom. The molecule has 0 radical (unpaired) electrons. The predicted molar refractivity (Wildman–Crippen MR) is 259 cm³/mol. The fourth-order valence-electron chi connectivity index (χ4n) is 11.5. The molecule has 12 rings (SSSR count). The number of hydrogen-bond acceptors (Lipinski definition) is 3. The first-order valence-corrected chi connectivity index (χ1v) is 22.3. The van der Waals surface area contributed by atoms with Gasteiger partial charge in [-0.2, -0.15) is 0 Å². The highest BCUT2D eigenvalue weighted by atomic mass is 15.2. The van der Waals surface area contributed by atoms with Crippen molar-refractivity contribution in [2.24, 2.45) is 0 Å². The molecular formula is C57H48BN3. The lowest BCUT2D eigenvalue weighted by atomic mass is 9.33. The standard InChI is InChI=1S/C57H48BN3/c1-57(2)47-30-16-15-28-45(47)46-29-19-33-51(55(46)57)61-50-32-18-17-31-48(50)58-49-35-34-44(59(41-22-9-4-10-23-41)42-24-11-5-12-25-42)38-52(49)60(43-26-13-6-14-27-43)53-36-40(37-54(61)56(53)58)39-20-7-3-8-21-39/h4-6,9-19,22-39H,3,7-8,20-21H2,1-2H3. The molecule has 2 aliphatic heterocycles. The molecule has 1 fully saturated rings. The number of nitrogens with zero attached hydrogens (tertiary/aromatic N) is 3. The van der Waals surface area contributed by atoms with Gasteiger partial charge in [0.2, 0.25) is 0 Å². The van der Waals surface area contributed by atoms with E-state index in [2.05, 4.69) is 217 Å². The molecule has 0 amide bonds. The van der Waals surface area contributed by atoms with Crippen LogP contribution in [0.15, 0.2) is 188 Å². The van der Waals surface area contributed by atoms with Gasteiger partial charge >= 0.3 is 0 Å². The molecule has 8 aromatic rings. The van der Waals surface area contributed by atoms with Gasteiger partial charge in [0, 0.05) is 50.9 Å². The third kappa shape index (κ3) is 5.58. The molecule has 3 nitrogen and oxygen atoms in total. The Labute approximate surface area is 360 Å². The summed E-state index contributed by atoms with van der Waals surface area (Å²) < 4.78 is 0. The van der Waals surface area contributed by atoms with E-state index in [0.29, 0.717) is 5.92 Å². The topological polar surface area (TPSA) is 9.72 Å². The minimum Gasteiger partial charge on any atom is -0.311 e. The number of fused-ring (bicyclic) bond motifs is 7. The zero-order valence-corrected chi connectivity index (χ0v) is 34.9. The summed E-state index contributed by atoms with van der Waals surface area (Å²) in [5, 5.41) is 0. The maximum absolute atomic E-state index is 2.67. The first-order chi connectivity index (χ1) is 30.1. The molecule has 0 unspecified atom stereocenters. The summed E-state index contributed by atoms with van der Waals surface area (Å²) in [7, 11) is 0. The van der Waals surface area contributed by atoms with Gasteiger partial charge in [0.1, 0.15) is 0 Å². The molecule has 1 saturated carbocycles. The van der Waals surface area contributed by atoms with E-state index in [4.69, 9.17) is 0 Å². The first-order valence-electron chi connectivity index (χ1n) is 22.3. The second kappa shape index (κ2) is 14.2. The van der Waals surface area contributed by atoms with Gasteiger partial charge in [-0.05, 0) is 136 Å². The van der Waals surface area contributed by atoms with E-state index in [0.717, 1.165) is 17.1 Å². The summed E-state index contributed by atoms with van der Waals surface area (Å²) in [6.07, 6.45) is 6.36. The van der Waals surface area contributed by atoms with E-state index >= 15 is 0 Å². The summed E-state index contributed by atoms with van der Waals surface area (Å²) in [6.45, 7) is 4.89. The summed E-state index contributed by atoms with van der Waals surface area (Å²) in [6, 6.07) is 70.5. The van der Waals surface area contributed by atoms with Crippen molar-refractivity contribution in [3.8, 4) is 11.1 Å². The number of benzene rings is 8. The predicted octanol–water partition coefficient (Wildman–Crippen LogP) is 13.6. The summed E-state index contributed by atoms with van der Waals surface area (Å²) in [5.74, 6) is 0.520. The van der Waals surface area contributed by atoms with Crippen molar-refractivity contribution in [1.29, 1.82) is 0 Å². The van der Waals surface area contributed by atoms with E-state index in [9.17, 15) is 0 Å². The highest BCUT2D eigenvalue weighted by Crippen LogP contribution is 2.55. The van der Waals surface area contributed by atoms with E-state index < -0.39 is 0 Å². The SMILES string of the molecule is CC1(C)c2ccccc2-c2cccc(N3c4ccccc4B4c5ccc(N(c6ccccc6)c6ccccc6)cc5N(c5ccccc5)c5cc(C6CCCCC6)cc3c54)c21. The van der Waals surface area contributed by atoms with E-state index in [1.807, 2.05) is 0 Å². The minimum atomic E-state index is -0.169. The zero-order chi connectivity index (χ0) is 40.7. The maximum Gasteiger partial charge on any atom is 0.252 e. The van der Waals surface area contributed by atoms with Crippen LogP contribution in [0.2, 0.25) is 0 Å². The fourth-order valence-corrected chi connectivity index (χ4v) is 11.5. The van der Waals surface area contributed by atoms with Gasteiger partial charge in [0.15, 0.2) is 0 Å². The van der Waals surface area contributed by atoms with Crippen LogP contribution >= 0.6 is 0 Å². The largest absolute Gasteiger partial charge is 0.311 e. The van der Waals surface area contributed by atoms with Gasteiger partial charge in [-0.1, -0.05) is 148 Å². The van der Waals surface area contributed by atoms with E-state index in [1.165, 1.54) is 110 Å². The van der Waals surface area contributed by atoms with Crippen molar-refractivity contribution in [2.75, 3.05) is 14.7 Å². The number of para-hydroxylation sites is 4. The lowest BCUT2D eigenvalue weighted by Gasteiger charge is -2.46. The van der Waals surface area contributed by atoms with Gasteiger partial charge in [0.25, 0.3) is 6.71 Å². The van der Waals surface area contributed by atoms with Gasteiger partial charge in [-0.15, -0.1) is 0 Å². The zero-order valence-electron chi connectivity index (χ0n) is 34.9. The van der Waals surface area contributed by atoms with Crippen LogP contribution in [0.4, 0.5) is 51.2 Å². The lowest BCUT2D eigenvalue weighted by molar-refractivity contribution is 0.444. The minimum absolute atomic E-state index is 0.0470. The van der Waals surface area contributed by atoms with Crippen molar-refractivity contribution in [3.05, 3.63) is 205 Å². The molecule has 0 spiro atoms. The molecule has 0 atom stereocenters. The molecule has 2 heterocycles. The fraction of sp³-hybridized carbons (Fsp3) is 0.158. The summed E-state index contributed by atoms with van der Waals surface area (Å²) >= 11 is 0. The van der Waals surface area contributed by atoms with Gasteiger partial charge in [0.05, 0.1) is 5.69 Å². The Morgan fingerprint density at radius 2 is 1.07 bits per heavy atom. The van der Waals surface area contributed by atoms with Gasteiger partial charge in [-0.3, -0.25) is 0 Å². The van der Waals surface area contributed by atoms with Crippen molar-refractivity contribution < 1.29 is 0 Å². The molecule has 0 aromatic heterocycles. The van der Waals surface area contributed by atoms with Crippen LogP contribution in [0, 0.1) is 0 Å². The second-order valence-electron chi connectivity index (χ2n) is 17.9. The molecule has 2 aliphatic carbocycles. The molecule has 0 bridgehead atoms. The molecule has 4 heteroatoms. The third-order valence-corrected chi connectivity index (χ3v) is 14.2. The van der Waals surface area contributed by atoms with Crippen molar-refractivity contribution in [2.45, 2.75) is 57.3 Å². The molecule has 0 saturated heterocycles. The van der Waals surface area contributed by atoms with Crippen LogP contribution in [0.5, 0.6) is 0 Å². The van der Waals surface area contributed by atoms with Gasteiger partial charge in [-0.25, -0.2) is 0 Å². The van der Waals surface area contributed by atoms with Crippen molar-refractivity contribution in [3.63, 3.8) is 0 Å². The monoisotopic (exact) mass is 785 g/mol. The van der Waals surface area contributed by atoms with Crippen LogP contribution < -0.4 is 31.1 Å². The average Bonchev–Trinajstić information content (AvgIpc) is 3.56. The molecular weight excluding hydrogens is 737 g/mol. The molecule has 0 N–H and O–H groups in total.